The van der Waals surface area contributed by atoms with Crippen LogP contribution in [-0.4, -0.2) is 90.8 Å². The normalized spacial score (nSPS) is 17.7. The Labute approximate surface area is 346 Å². The number of amides is 1. The minimum atomic E-state index is -3.58. The molecule has 1 amide bonds. The van der Waals surface area contributed by atoms with Gasteiger partial charge in [0, 0.05) is 67.7 Å². The monoisotopic (exact) mass is 832 g/mol. The summed E-state index contributed by atoms with van der Waals surface area (Å²) in [5.74, 6) is 0.773. The number of aromatic nitrogens is 2. The number of aryl methyl sites for hydroxylation is 1. The number of benzene rings is 3. The number of nitrogens with one attached hydrogen (secondary N) is 3. The van der Waals surface area contributed by atoms with Crippen LogP contribution in [0.3, 0.4) is 0 Å². The standard InChI is InChI=1S/C43H54ClFN8O4S/c1-26(2)57-39-21-38(28(5)18-37(39)49-43-47-23-34(44)41(50-43)48-36-11-7-8-12-40(36)58(55,56)27(3)4)52-16-13-31(14-17-52)51(6)24-30-19-29-25-53(32-10-9-15-46-22-32)42(54)33(29)20-35(30)45/h7-8,11-12,18-21,23,26-27,31-32,46H,9-10,13-17,22,24-25H2,1-6H3,(H2,47,48,49,50). The van der Waals surface area contributed by atoms with Gasteiger partial charge in [0.15, 0.2) is 15.7 Å². The third-order valence-corrected chi connectivity index (χ3v) is 13.9. The number of fused-ring (bicyclic) bond motifs is 1. The van der Waals surface area contributed by atoms with Crippen LogP contribution in [0.15, 0.2) is 59.6 Å². The number of hydrogen-bond donors (Lipinski definition) is 3. The summed E-state index contributed by atoms with van der Waals surface area (Å²) in [5.41, 5.74) is 5.21. The molecule has 3 N–H and O–H groups in total. The van der Waals surface area contributed by atoms with Gasteiger partial charge in [-0.15, -0.1) is 0 Å². The number of carbonyl (C=O) groups is 1. The highest BCUT2D eigenvalue weighted by atomic mass is 35.5. The van der Waals surface area contributed by atoms with Gasteiger partial charge >= 0.3 is 0 Å². The second kappa shape index (κ2) is 17.4. The van der Waals surface area contributed by atoms with Crippen molar-refractivity contribution in [1.29, 1.82) is 0 Å². The van der Waals surface area contributed by atoms with Gasteiger partial charge in [-0.05, 0) is 115 Å². The first-order valence-electron chi connectivity index (χ1n) is 20.2. The smallest absolute Gasteiger partial charge is 0.254 e. The second-order valence-electron chi connectivity index (χ2n) is 16.2. The highest BCUT2D eigenvalue weighted by molar-refractivity contribution is 7.92. The minimum absolute atomic E-state index is 0.0590. The fourth-order valence-corrected chi connectivity index (χ4v) is 9.51. The predicted octanol–water partition coefficient (Wildman–Crippen LogP) is 7.84. The molecule has 15 heteroatoms. The van der Waals surface area contributed by atoms with Crippen LogP contribution in [0.4, 0.5) is 33.2 Å². The van der Waals surface area contributed by atoms with Gasteiger partial charge in [-0.1, -0.05) is 23.7 Å². The lowest BCUT2D eigenvalue weighted by Crippen LogP contribution is -2.46. The molecule has 2 fully saturated rings. The van der Waals surface area contributed by atoms with Gasteiger partial charge in [0.1, 0.15) is 16.6 Å². The van der Waals surface area contributed by atoms with E-state index in [0.717, 1.165) is 68.7 Å². The summed E-state index contributed by atoms with van der Waals surface area (Å²) in [5, 5.41) is 9.43. The zero-order valence-electron chi connectivity index (χ0n) is 34.1. The molecule has 4 heterocycles. The van der Waals surface area contributed by atoms with Crippen LogP contribution >= 0.6 is 11.6 Å². The maximum atomic E-state index is 15.5. The lowest BCUT2D eigenvalue weighted by Gasteiger charge is -2.38. The molecule has 58 heavy (non-hydrogen) atoms. The van der Waals surface area contributed by atoms with E-state index in [-0.39, 0.29) is 51.6 Å². The van der Waals surface area contributed by atoms with E-state index in [2.05, 4.69) is 55.8 Å². The van der Waals surface area contributed by atoms with Crippen LogP contribution in [0, 0.1) is 12.7 Å². The van der Waals surface area contributed by atoms with Gasteiger partial charge < -0.3 is 30.5 Å². The van der Waals surface area contributed by atoms with E-state index in [1.165, 1.54) is 12.3 Å². The molecule has 0 radical (unpaired) electrons. The zero-order valence-corrected chi connectivity index (χ0v) is 35.7. The molecule has 7 rings (SSSR count). The van der Waals surface area contributed by atoms with Crippen LogP contribution in [0.25, 0.3) is 0 Å². The van der Waals surface area contributed by atoms with E-state index in [9.17, 15) is 13.2 Å². The van der Waals surface area contributed by atoms with E-state index >= 15 is 4.39 Å². The Morgan fingerprint density at radius 1 is 1.05 bits per heavy atom. The Bertz CT molecular complexity index is 2260. The van der Waals surface area contributed by atoms with E-state index in [1.807, 2.05) is 30.9 Å². The molecular formula is C43H54ClFN8O4S. The third-order valence-electron chi connectivity index (χ3n) is 11.4. The Balaban J connectivity index is 1.02. The Morgan fingerprint density at radius 3 is 2.52 bits per heavy atom. The van der Waals surface area contributed by atoms with E-state index < -0.39 is 15.1 Å². The van der Waals surface area contributed by atoms with Crippen molar-refractivity contribution < 1.29 is 22.3 Å². The van der Waals surface area contributed by atoms with Crippen molar-refractivity contribution in [2.75, 3.05) is 48.8 Å². The molecule has 1 aromatic heterocycles. The van der Waals surface area contributed by atoms with Crippen LogP contribution in [0.5, 0.6) is 5.75 Å². The zero-order chi connectivity index (χ0) is 41.3. The molecule has 310 valence electrons. The first kappa shape index (κ1) is 41.7. The summed E-state index contributed by atoms with van der Waals surface area (Å²) >= 11 is 6.51. The predicted molar refractivity (Wildman–Crippen MR) is 228 cm³/mol. The Hall–Kier alpha value is -4.50. The van der Waals surface area contributed by atoms with E-state index in [0.29, 0.717) is 41.3 Å². The molecule has 3 aromatic carbocycles. The minimum Gasteiger partial charge on any atom is -0.489 e. The number of rotatable bonds is 13. The average molecular weight is 833 g/mol. The van der Waals surface area contributed by atoms with Crippen molar-refractivity contribution in [2.24, 2.45) is 0 Å². The molecule has 3 aliphatic heterocycles. The van der Waals surface area contributed by atoms with Crippen molar-refractivity contribution in [1.82, 2.24) is 25.1 Å². The molecule has 12 nitrogen and oxygen atoms in total. The van der Waals surface area contributed by atoms with Crippen LogP contribution in [0.2, 0.25) is 5.02 Å². The van der Waals surface area contributed by atoms with Crippen LogP contribution < -0.4 is 25.6 Å². The Morgan fingerprint density at radius 2 is 1.81 bits per heavy atom. The number of para-hydroxylation sites is 1. The number of hydrogen-bond acceptors (Lipinski definition) is 11. The van der Waals surface area contributed by atoms with Gasteiger partial charge in [-0.25, -0.2) is 17.8 Å². The first-order chi connectivity index (χ1) is 27.7. The molecule has 1 atom stereocenters. The number of piperidine rings is 2. The molecule has 0 aliphatic carbocycles. The SMILES string of the molecule is Cc1cc(Nc2ncc(Cl)c(Nc3ccccc3S(=O)(=O)C(C)C)n2)c(OC(C)C)cc1N1CCC(N(C)Cc2cc3c(cc2F)C(=O)N(C2CCCNC2)C3)CC1. The van der Waals surface area contributed by atoms with E-state index in [1.54, 1.807) is 38.1 Å². The lowest BCUT2D eigenvalue weighted by atomic mass is 10.00. The van der Waals surface area contributed by atoms with Crippen molar-refractivity contribution in [3.8, 4) is 5.75 Å². The first-order valence-corrected chi connectivity index (χ1v) is 22.1. The van der Waals surface area contributed by atoms with Gasteiger partial charge in [0.2, 0.25) is 5.95 Å². The fraction of sp³-hybridized carbons (Fsp3) is 0.465. The number of ether oxygens (including phenoxy) is 1. The summed E-state index contributed by atoms with van der Waals surface area (Å²) in [6, 6.07) is 14.5. The van der Waals surface area contributed by atoms with Gasteiger partial charge in [-0.3, -0.25) is 9.69 Å². The molecule has 0 bridgehead atoms. The molecule has 0 saturated carbocycles. The third kappa shape index (κ3) is 8.90. The summed E-state index contributed by atoms with van der Waals surface area (Å²) in [6.45, 7) is 13.7. The molecule has 0 spiro atoms. The highest BCUT2D eigenvalue weighted by Crippen LogP contribution is 2.38. The van der Waals surface area contributed by atoms with Crippen molar-refractivity contribution in [2.45, 2.75) is 102 Å². The summed E-state index contributed by atoms with van der Waals surface area (Å²) in [7, 11) is -1.52. The topological polar surface area (TPSA) is 132 Å². The molecular weight excluding hydrogens is 779 g/mol. The van der Waals surface area contributed by atoms with Crippen molar-refractivity contribution >= 4 is 56.2 Å². The summed E-state index contributed by atoms with van der Waals surface area (Å²) < 4.78 is 48.0. The second-order valence-corrected chi connectivity index (χ2v) is 19.1. The van der Waals surface area contributed by atoms with Crippen molar-refractivity contribution in [3.63, 3.8) is 0 Å². The summed E-state index contributed by atoms with van der Waals surface area (Å²) in [4.78, 5) is 28.9. The van der Waals surface area contributed by atoms with Crippen LogP contribution in [0.1, 0.15) is 80.4 Å². The number of anilines is 5. The molecule has 2 saturated heterocycles. The Kier molecular flexibility index (Phi) is 12.5. The number of halogens is 2. The van der Waals surface area contributed by atoms with E-state index in [4.69, 9.17) is 16.3 Å². The maximum Gasteiger partial charge on any atom is 0.254 e. The quantitative estimate of drug-likeness (QED) is 0.122. The summed E-state index contributed by atoms with van der Waals surface area (Å²) in [6.07, 6.45) is 5.17. The van der Waals surface area contributed by atoms with Gasteiger partial charge in [0.25, 0.3) is 5.91 Å². The maximum absolute atomic E-state index is 15.5. The molecule has 1 unspecified atom stereocenters. The molecule has 4 aromatic rings. The number of sulfone groups is 1. The molecule has 3 aliphatic rings. The largest absolute Gasteiger partial charge is 0.489 e. The van der Waals surface area contributed by atoms with Gasteiger partial charge in [0.05, 0.1) is 33.8 Å². The number of nitrogens with zero attached hydrogens (tertiary/aromatic N) is 5. The highest BCUT2D eigenvalue weighted by Gasteiger charge is 2.35. The average Bonchev–Trinajstić information content (AvgIpc) is 3.51. The van der Waals surface area contributed by atoms with Gasteiger partial charge in [-0.2, -0.15) is 4.98 Å². The fourth-order valence-electron chi connectivity index (χ4n) is 8.17. The number of carbonyl (C=O) groups excluding carboxylic acids is 1. The lowest BCUT2D eigenvalue weighted by molar-refractivity contribution is 0.0674. The van der Waals surface area contributed by atoms with Crippen LogP contribution in [-0.2, 0) is 22.9 Å². The van der Waals surface area contributed by atoms with Crippen molar-refractivity contribution in [3.05, 3.63) is 87.8 Å².